The van der Waals surface area contributed by atoms with Crippen LogP contribution >= 0.6 is 23.2 Å². The summed E-state index contributed by atoms with van der Waals surface area (Å²) in [6.45, 7) is 3.87. The van der Waals surface area contributed by atoms with Gasteiger partial charge >= 0.3 is 0 Å². The molecule has 0 atom stereocenters. The third-order valence-corrected chi connectivity index (χ3v) is 2.80. The van der Waals surface area contributed by atoms with E-state index in [0.717, 1.165) is 5.56 Å². The van der Waals surface area contributed by atoms with Crippen molar-refractivity contribution in [2.24, 2.45) is 0 Å². The van der Waals surface area contributed by atoms with E-state index in [1.54, 1.807) is 6.07 Å². The van der Waals surface area contributed by atoms with Crippen molar-refractivity contribution in [1.29, 1.82) is 0 Å². The maximum atomic E-state index is 6.03. The molecule has 13 heavy (non-hydrogen) atoms. The monoisotopic (exact) mass is 212 g/mol. The van der Waals surface area contributed by atoms with E-state index in [1.807, 2.05) is 26.0 Å². The number of hydrogen-bond donors (Lipinski definition) is 0. The molecule has 1 rings (SSSR count). The van der Waals surface area contributed by atoms with E-state index in [9.17, 15) is 0 Å². The highest BCUT2D eigenvalue weighted by molar-refractivity contribution is 6.42. The Balaban J connectivity index is 3.33. The van der Waals surface area contributed by atoms with Crippen molar-refractivity contribution in [3.05, 3.63) is 33.8 Å². The van der Waals surface area contributed by atoms with Gasteiger partial charge in [0.2, 0.25) is 0 Å². The minimum absolute atomic E-state index is 0.373. The Morgan fingerprint density at radius 3 is 2.46 bits per heavy atom. The van der Waals surface area contributed by atoms with Crippen LogP contribution in [0.25, 0.3) is 0 Å². The van der Waals surface area contributed by atoms with Crippen LogP contribution in [-0.2, 0) is 5.41 Å². The van der Waals surface area contributed by atoms with Crippen molar-refractivity contribution in [2.45, 2.75) is 19.3 Å². The van der Waals surface area contributed by atoms with Crippen molar-refractivity contribution in [3.8, 4) is 12.3 Å². The fourth-order valence-electron chi connectivity index (χ4n) is 1.06. The number of terminal acetylenes is 1. The minimum Gasteiger partial charge on any atom is -0.119 e. The average molecular weight is 213 g/mol. The minimum atomic E-state index is -0.373. The first-order chi connectivity index (χ1) is 5.99. The molecule has 0 spiro atoms. The molecule has 0 aliphatic carbocycles. The summed E-state index contributed by atoms with van der Waals surface area (Å²) in [6.07, 6.45) is 5.41. The maximum Gasteiger partial charge on any atom is 0.0639 e. The van der Waals surface area contributed by atoms with Gasteiger partial charge in [0, 0.05) is 0 Å². The molecular weight excluding hydrogens is 203 g/mol. The third-order valence-electron chi connectivity index (χ3n) is 1.99. The smallest absolute Gasteiger partial charge is 0.0639 e. The Kier molecular flexibility index (Phi) is 2.91. The van der Waals surface area contributed by atoms with Crippen LogP contribution in [0.3, 0.4) is 0 Å². The molecule has 1 aromatic carbocycles. The van der Waals surface area contributed by atoms with Crippen molar-refractivity contribution in [3.63, 3.8) is 0 Å². The van der Waals surface area contributed by atoms with Crippen LogP contribution in [0.4, 0.5) is 0 Å². The Labute approximate surface area is 88.9 Å². The van der Waals surface area contributed by atoms with Crippen LogP contribution in [0.1, 0.15) is 19.4 Å². The highest BCUT2D eigenvalue weighted by Crippen LogP contribution is 2.33. The maximum absolute atomic E-state index is 6.03. The molecule has 0 saturated carbocycles. The zero-order valence-electron chi connectivity index (χ0n) is 7.57. The second kappa shape index (κ2) is 3.62. The van der Waals surface area contributed by atoms with E-state index in [4.69, 9.17) is 29.6 Å². The van der Waals surface area contributed by atoms with Gasteiger partial charge in [-0.15, -0.1) is 6.42 Å². The lowest BCUT2D eigenvalue weighted by molar-refractivity contribution is 0.699. The van der Waals surface area contributed by atoms with Crippen LogP contribution in [0.2, 0.25) is 10.0 Å². The molecule has 0 fully saturated rings. The van der Waals surface area contributed by atoms with Crippen LogP contribution in [0.15, 0.2) is 18.2 Å². The molecule has 0 nitrogen and oxygen atoms in total. The lowest BCUT2D eigenvalue weighted by Gasteiger charge is -2.19. The molecule has 0 saturated heterocycles. The SMILES string of the molecule is C#CC(C)(C)c1cccc(Cl)c1Cl. The summed E-state index contributed by atoms with van der Waals surface area (Å²) in [7, 11) is 0. The van der Waals surface area contributed by atoms with Gasteiger partial charge in [-0.2, -0.15) is 0 Å². The Bertz CT molecular complexity index is 359. The first-order valence-electron chi connectivity index (χ1n) is 3.91. The van der Waals surface area contributed by atoms with Gasteiger partial charge in [0.25, 0.3) is 0 Å². The van der Waals surface area contributed by atoms with Crippen molar-refractivity contribution in [2.75, 3.05) is 0 Å². The summed E-state index contributed by atoms with van der Waals surface area (Å²) >= 11 is 11.9. The van der Waals surface area contributed by atoms with E-state index in [1.165, 1.54) is 0 Å². The van der Waals surface area contributed by atoms with Gasteiger partial charge in [-0.25, -0.2) is 0 Å². The number of halogens is 2. The van der Waals surface area contributed by atoms with Crippen LogP contribution in [0.5, 0.6) is 0 Å². The van der Waals surface area contributed by atoms with Crippen LogP contribution in [0, 0.1) is 12.3 Å². The highest BCUT2D eigenvalue weighted by atomic mass is 35.5. The molecule has 0 aromatic heterocycles. The van der Waals surface area contributed by atoms with E-state index >= 15 is 0 Å². The quantitative estimate of drug-likeness (QED) is 0.620. The molecule has 0 aliphatic rings. The molecule has 0 unspecified atom stereocenters. The van der Waals surface area contributed by atoms with E-state index in [-0.39, 0.29) is 5.41 Å². The lowest BCUT2D eigenvalue weighted by atomic mass is 9.86. The number of rotatable bonds is 1. The van der Waals surface area contributed by atoms with E-state index in [2.05, 4.69) is 5.92 Å². The standard InChI is InChI=1S/C11H10Cl2/c1-4-11(2,3)8-6-5-7-9(12)10(8)13/h1,5-7H,2-3H3. The Morgan fingerprint density at radius 1 is 1.31 bits per heavy atom. The second-order valence-corrected chi connectivity index (χ2v) is 4.16. The summed E-state index contributed by atoms with van der Waals surface area (Å²) in [4.78, 5) is 0. The molecule has 0 bridgehead atoms. The fourth-order valence-corrected chi connectivity index (χ4v) is 1.60. The normalized spacial score (nSPS) is 11.0. The molecule has 0 N–H and O–H groups in total. The van der Waals surface area contributed by atoms with Gasteiger partial charge in [-0.3, -0.25) is 0 Å². The van der Waals surface area contributed by atoms with Gasteiger partial charge in [0.05, 0.1) is 15.5 Å². The summed E-state index contributed by atoms with van der Waals surface area (Å²) in [5.74, 6) is 2.68. The third kappa shape index (κ3) is 1.99. The first kappa shape index (κ1) is 10.4. The summed E-state index contributed by atoms with van der Waals surface area (Å²) < 4.78 is 0. The molecular formula is C11H10Cl2. The molecule has 1 aromatic rings. The topological polar surface area (TPSA) is 0 Å². The van der Waals surface area contributed by atoms with Gasteiger partial charge in [-0.05, 0) is 25.5 Å². The highest BCUT2D eigenvalue weighted by Gasteiger charge is 2.21. The molecule has 68 valence electrons. The van der Waals surface area contributed by atoms with Gasteiger partial charge in [-0.1, -0.05) is 41.3 Å². The number of benzene rings is 1. The Hall–Kier alpha value is -0.640. The number of hydrogen-bond acceptors (Lipinski definition) is 0. The summed E-state index contributed by atoms with van der Waals surface area (Å²) in [5.41, 5.74) is 0.520. The van der Waals surface area contributed by atoms with Crippen molar-refractivity contribution < 1.29 is 0 Å². The van der Waals surface area contributed by atoms with E-state index in [0.29, 0.717) is 10.0 Å². The first-order valence-corrected chi connectivity index (χ1v) is 4.67. The van der Waals surface area contributed by atoms with Crippen molar-refractivity contribution in [1.82, 2.24) is 0 Å². The summed E-state index contributed by atoms with van der Waals surface area (Å²) in [6, 6.07) is 5.50. The van der Waals surface area contributed by atoms with Crippen LogP contribution < -0.4 is 0 Å². The molecule has 2 heteroatoms. The predicted molar refractivity (Wildman–Crippen MR) is 58.3 cm³/mol. The zero-order valence-corrected chi connectivity index (χ0v) is 9.08. The molecule has 0 aliphatic heterocycles. The van der Waals surface area contributed by atoms with Gasteiger partial charge < -0.3 is 0 Å². The van der Waals surface area contributed by atoms with Gasteiger partial charge in [0.15, 0.2) is 0 Å². The molecule has 0 radical (unpaired) electrons. The predicted octanol–water partition coefficient (Wildman–Crippen LogP) is 3.90. The zero-order chi connectivity index (χ0) is 10.1. The average Bonchev–Trinajstić information content (AvgIpc) is 2.09. The second-order valence-electron chi connectivity index (χ2n) is 3.37. The molecule has 0 heterocycles. The van der Waals surface area contributed by atoms with Crippen molar-refractivity contribution >= 4 is 23.2 Å². The largest absolute Gasteiger partial charge is 0.119 e. The fraction of sp³-hybridized carbons (Fsp3) is 0.273. The lowest BCUT2D eigenvalue weighted by Crippen LogP contribution is -2.14. The van der Waals surface area contributed by atoms with Crippen LogP contribution in [-0.4, -0.2) is 0 Å². The Morgan fingerprint density at radius 2 is 1.92 bits per heavy atom. The van der Waals surface area contributed by atoms with E-state index < -0.39 is 0 Å². The summed E-state index contributed by atoms with van der Waals surface area (Å²) in [5, 5.41) is 1.09. The van der Waals surface area contributed by atoms with Gasteiger partial charge in [0.1, 0.15) is 0 Å². The molecule has 0 amide bonds.